The van der Waals surface area contributed by atoms with Gasteiger partial charge in [0.15, 0.2) is 5.76 Å². The average molecular weight is 380 g/mol. The lowest BCUT2D eigenvalue weighted by Crippen LogP contribution is -1.90. The number of aromatic nitrogens is 1. The van der Waals surface area contributed by atoms with Gasteiger partial charge in [-0.05, 0) is 23.8 Å². The van der Waals surface area contributed by atoms with Gasteiger partial charge in [-0.1, -0.05) is 65.3 Å². The van der Waals surface area contributed by atoms with Crippen LogP contribution < -0.4 is 4.74 Å². The molecule has 134 valence electrons. The highest BCUT2D eigenvalue weighted by Crippen LogP contribution is 2.42. The summed E-state index contributed by atoms with van der Waals surface area (Å²) in [5, 5.41) is 4.77. The van der Waals surface area contributed by atoms with Crippen LogP contribution in [0, 0.1) is 5.82 Å². The van der Waals surface area contributed by atoms with E-state index in [1.165, 1.54) is 13.2 Å². The Morgan fingerprint density at radius 3 is 2.37 bits per heavy atom. The molecule has 0 aliphatic heterocycles. The molecule has 3 aromatic carbocycles. The van der Waals surface area contributed by atoms with E-state index in [1.807, 2.05) is 48.5 Å². The number of hydrogen-bond acceptors (Lipinski definition) is 3. The second-order valence-electron chi connectivity index (χ2n) is 5.93. The molecule has 3 nitrogen and oxygen atoms in total. The van der Waals surface area contributed by atoms with Crippen LogP contribution in [0.2, 0.25) is 5.02 Å². The summed E-state index contributed by atoms with van der Waals surface area (Å²) in [5.74, 6) is 0.327. The molecular weight excluding hydrogens is 365 g/mol. The van der Waals surface area contributed by atoms with Crippen molar-refractivity contribution in [2.75, 3.05) is 7.11 Å². The Labute approximate surface area is 161 Å². The van der Waals surface area contributed by atoms with Crippen LogP contribution in [-0.2, 0) is 0 Å². The van der Waals surface area contributed by atoms with E-state index in [-0.39, 0.29) is 0 Å². The Hall–Kier alpha value is -3.11. The van der Waals surface area contributed by atoms with Crippen molar-refractivity contribution in [2.24, 2.45) is 0 Å². The zero-order valence-electron chi connectivity index (χ0n) is 14.4. The van der Waals surface area contributed by atoms with Crippen molar-refractivity contribution in [3.63, 3.8) is 0 Å². The minimum Gasteiger partial charge on any atom is -0.497 e. The van der Waals surface area contributed by atoms with Gasteiger partial charge in [-0.2, -0.15) is 0 Å². The van der Waals surface area contributed by atoms with Crippen molar-refractivity contribution >= 4 is 11.6 Å². The zero-order valence-corrected chi connectivity index (χ0v) is 15.2. The maximum absolute atomic E-state index is 14.7. The monoisotopic (exact) mass is 379 g/mol. The van der Waals surface area contributed by atoms with Gasteiger partial charge in [0.05, 0.1) is 23.3 Å². The predicted octanol–water partition coefficient (Wildman–Crippen LogP) is 6.48. The van der Waals surface area contributed by atoms with Gasteiger partial charge in [-0.3, -0.25) is 0 Å². The molecule has 0 atom stereocenters. The van der Waals surface area contributed by atoms with Crippen molar-refractivity contribution in [2.45, 2.75) is 0 Å². The topological polar surface area (TPSA) is 35.3 Å². The summed E-state index contributed by atoms with van der Waals surface area (Å²) in [6.45, 7) is 0. The quantitative estimate of drug-likeness (QED) is 0.407. The van der Waals surface area contributed by atoms with Gasteiger partial charge in [-0.15, -0.1) is 0 Å². The number of benzene rings is 3. The fourth-order valence-corrected chi connectivity index (χ4v) is 3.22. The number of nitrogens with zero attached hydrogens (tertiary/aromatic N) is 1. The van der Waals surface area contributed by atoms with Crippen LogP contribution in [0.1, 0.15) is 0 Å². The molecule has 27 heavy (non-hydrogen) atoms. The molecule has 0 N–H and O–H groups in total. The third-order valence-electron chi connectivity index (χ3n) is 4.30. The van der Waals surface area contributed by atoms with Crippen LogP contribution in [0.15, 0.2) is 77.3 Å². The summed E-state index contributed by atoms with van der Waals surface area (Å²) in [6.07, 6.45) is 0. The van der Waals surface area contributed by atoms with Gasteiger partial charge in [0.1, 0.15) is 17.3 Å². The largest absolute Gasteiger partial charge is 0.497 e. The number of rotatable bonds is 4. The Morgan fingerprint density at radius 2 is 1.67 bits per heavy atom. The molecule has 4 rings (SSSR count). The number of hydrogen-bond donors (Lipinski definition) is 0. The van der Waals surface area contributed by atoms with Gasteiger partial charge in [0.2, 0.25) is 0 Å². The highest BCUT2D eigenvalue weighted by Gasteiger charge is 2.24. The van der Waals surface area contributed by atoms with Gasteiger partial charge >= 0.3 is 0 Å². The summed E-state index contributed by atoms with van der Waals surface area (Å²) >= 11 is 6.37. The molecule has 0 bridgehead atoms. The molecule has 0 fully saturated rings. The van der Waals surface area contributed by atoms with Crippen LogP contribution in [0.3, 0.4) is 0 Å². The number of halogens is 2. The van der Waals surface area contributed by atoms with E-state index in [4.69, 9.17) is 20.9 Å². The van der Waals surface area contributed by atoms with E-state index in [2.05, 4.69) is 5.16 Å². The Kier molecular flexibility index (Phi) is 4.65. The normalized spacial score (nSPS) is 10.8. The molecule has 5 heteroatoms. The molecule has 1 heterocycles. The van der Waals surface area contributed by atoms with E-state index in [1.54, 1.807) is 18.2 Å². The van der Waals surface area contributed by atoms with E-state index in [9.17, 15) is 4.39 Å². The van der Waals surface area contributed by atoms with Crippen molar-refractivity contribution in [1.29, 1.82) is 0 Å². The lowest BCUT2D eigenvalue weighted by atomic mass is 9.96. The minimum absolute atomic E-state index is 0.306. The average Bonchev–Trinajstić information content (AvgIpc) is 3.13. The summed E-state index contributed by atoms with van der Waals surface area (Å²) in [4.78, 5) is 0. The molecular formula is C22H15ClFNO2. The zero-order chi connectivity index (χ0) is 18.8. The Bertz CT molecular complexity index is 1090. The van der Waals surface area contributed by atoms with Gasteiger partial charge in [0.25, 0.3) is 0 Å². The summed E-state index contributed by atoms with van der Waals surface area (Å²) < 4.78 is 25.4. The van der Waals surface area contributed by atoms with Gasteiger partial charge < -0.3 is 9.26 Å². The lowest BCUT2D eigenvalue weighted by molar-refractivity contribution is 0.410. The van der Waals surface area contributed by atoms with Crippen LogP contribution in [0.4, 0.5) is 4.39 Å². The van der Waals surface area contributed by atoms with Gasteiger partial charge in [0, 0.05) is 11.6 Å². The van der Waals surface area contributed by atoms with E-state index >= 15 is 0 Å². The molecule has 4 aromatic rings. The van der Waals surface area contributed by atoms with Gasteiger partial charge in [-0.25, -0.2) is 4.39 Å². The molecule has 0 amide bonds. The first-order valence-corrected chi connectivity index (χ1v) is 8.70. The number of ether oxygens (including phenoxy) is 1. The van der Waals surface area contributed by atoms with E-state index in [0.29, 0.717) is 33.4 Å². The Balaban J connectivity index is 1.98. The third-order valence-corrected chi connectivity index (χ3v) is 4.63. The smallest absolute Gasteiger partial charge is 0.178 e. The first kappa shape index (κ1) is 17.3. The van der Waals surface area contributed by atoms with Crippen LogP contribution >= 0.6 is 11.6 Å². The molecule has 0 saturated carbocycles. The lowest BCUT2D eigenvalue weighted by Gasteiger charge is -2.08. The third kappa shape index (κ3) is 3.20. The Morgan fingerprint density at radius 1 is 0.926 bits per heavy atom. The second-order valence-corrected chi connectivity index (χ2v) is 6.33. The number of methoxy groups -OCH3 is 1. The second kappa shape index (κ2) is 7.25. The molecule has 0 aliphatic carbocycles. The minimum atomic E-state index is -0.451. The molecule has 0 saturated heterocycles. The molecule has 1 aromatic heterocycles. The van der Waals surface area contributed by atoms with E-state index in [0.717, 1.165) is 11.1 Å². The maximum atomic E-state index is 14.7. The summed E-state index contributed by atoms with van der Waals surface area (Å²) in [7, 11) is 1.49. The van der Waals surface area contributed by atoms with E-state index < -0.39 is 5.82 Å². The van der Waals surface area contributed by atoms with Crippen molar-refractivity contribution < 1.29 is 13.7 Å². The fraction of sp³-hybridized carbons (Fsp3) is 0.0455. The highest BCUT2D eigenvalue weighted by molar-refractivity contribution is 6.33. The van der Waals surface area contributed by atoms with Crippen molar-refractivity contribution in [3.05, 3.63) is 83.6 Å². The highest BCUT2D eigenvalue weighted by atomic mass is 35.5. The molecule has 0 radical (unpaired) electrons. The predicted molar refractivity (Wildman–Crippen MR) is 104 cm³/mol. The van der Waals surface area contributed by atoms with Crippen LogP contribution in [0.5, 0.6) is 5.75 Å². The molecule has 0 aliphatic rings. The fourth-order valence-electron chi connectivity index (χ4n) is 2.99. The summed E-state index contributed by atoms with van der Waals surface area (Å²) in [5.41, 5.74) is 3.14. The van der Waals surface area contributed by atoms with Crippen molar-refractivity contribution in [3.8, 4) is 39.5 Å². The maximum Gasteiger partial charge on any atom is 0.178 e. The van der Waals surface area contributed by atoms with Crippen LogP contribution in [0.25, 0.3) is 33.7 Å². The first-order chi connectivity index (χ1) is 13.2. The molecule has 0 unspecified atom stereocenters. The standard InChI is InChI=1S/C22H15ClFNO2/c1-26-15-11-12-17(19(24)13-15)22-20(14-7-3-2-4-8-14)21(25-27-22)16-9-5-6-10-18(16)23/h2-13H,1H3. The van der Waals surface area contributed by atoms with Crippen LogP contribution in [-0.4, -0.2) is 12.3 Å². The molecule has 0 spiro atoms. The first-order valence-electron chi connectivity index (χ1n) is 8.33. The SMILES string of the molecule is COc1ccc(-c2onc(-c3ccccc3Cl)c2-c2ccccc2)c(F)c1. The summed E-state index contributed by atoms with van der Waals surface area (Å²) in [6, 6.07) is 21.6. The van der Waals surface area contributed by atoms with Crippen molar-refractivity contribution in [1.82, 2.24) is 5.16 Å².